The Hall–Kier alpha value is -3.30. The van der Waals surface area contributed by atoms with E-state index >= 15 is 4.57 Å². The maximum atomic E-state index is 15.1. The Balaban J connectivity index is 1.87. The summed E-state index contributed by atoms with van der Waals surface area (Å²) in [6.45, 7) is 3.24. The van der Waals surface area contributed by atoms with Crippen LogP contribution in [0, 0.1) is 0 Å². The lowest BCUT2D eigenvalue weighted by atomic mass is 10.2. The highest BCUT2D eigenvalue weighted by atomic mass is 31.2. The van der Waals surface area contributed by atoms with E-state index in [4.69, 9.17) is 4.74 Å². The quantitative estimate of drug-likeness (QED) is 0.319. The zero-order valence-corrected chi connectivity index (χ0v) is 19.0. The lowest BCUT2D eigenvalue weighted by Crippen LogP contribution is -2.22. The summed E-state index contributed by atoms with van der Waals surface area (Å²) in [4.78, 5) is 12.6. The van der Waals surface area contributed by atoms with Crippen LogP contribution in [0.3, 0.4) is 0 Å². The van der Waals surface area contributed by atoms with Crippen LogP contribution in [0.1, 0.15) is 18.9 Å². The highest BCUT2D eigenvalue weighted by molar-refractivity contribution is 7.71. The van der Waals surface area contributed by atoms with Crippen molar-refractivity contribution < 1.29 is 14.1 Å². The van der Waals surface area contributed by atoms with E-state index in [1.165, 1.54) is 0 Å². The average Bonchev–Trinajstić information content (AvgIpc) is 3.19. The van der Waals surface area contributed by atoms with Gasteiger partial charge >= 0.3 is 5.97 Å². The van der Waals surface area contributed by atoms with Gasteiger partial charge < -0.3 is 14.1 Å². The summed E-state index contributed by atoms with van der Waals surface area (Å²) in [6.07, 6.45) is 1.85. The van der Waals surface area contributed by atoms with Gasteiger partial charge in [0.1, 0.15) is 0 Å². The van der Waals surface area contributed by atoms with Crippen LogP contribution in [-0.4, -0.2) is 25.7 Å². The number of ether oxygens (including phenoxy) is 1. The number of esters is 1. The Morgan fingerprint density at radius 2 is 1.31 bits per heavy atom. The number of hydrogen-bond acceptors (Lipinski definition) is 3. The van der Waals surface area contributed by atoms with Crippen molar-refractivity contribution in [3.05, 3.63) is 102 Å². The van der Waals surface area contributed by atoms with E-state index in [-0.39, 0.29) is 19.0 Å². The van der Waals surface area contributed by atoms with E-state index in [1.807, 2.05) is 106 Å². The van der Waals surface area contributed by atoms with Crippen molar-refractivity contribution >= 4 is 30.9 Å². The molecule has 4 rings (SSSR count). The van der Waals surface area contributed by atoms with Crippen LogP contribution in [-0.2, 0) is 14.1 Å². The lowest BCUT2D eigenvalue weighted by molar-refractivity contribution is -0.142. The zero-order valence-electron chi connectivity index (χ0n) is 18.1. The first-order valence-corrected chi connectivity index (χ1v) is 12.4. The van der Waals surface area contributed by atoms with Crippen molar-refractivity contribution in [3.63, 3.8) is 0 Å². The van der Waals surface area contributed by atoms with Crippen LogP contribution in [0.2, 0.25) is 0 Å². The van der Waals surface area contributed by atoms with Crippen LogP contribution in [0.15, 0.2) is 96.3 Å². The summed E-state index contributed by atoms with van der Waals surface area (Å²) in [5.74, 6) is -0.377. The fourth-order valence-corrected chi connectivity index (χ4v) is 7.16. The molecule has 0 N–H and O–H groups in total. The van der Waals surface area contributed by atoms with Crippen LogP contribution in [0.5, 0.6) is 0 Å². The molecule has 1 aliphatic heterocycles. The molecule has 1 aliphatic rings. The van der Waals surface area contributed by atoms with Crippen LogP contribution < -0.4 is 9.34 Å². The van der Waals surface area contributed by atoms with Crippen molar-refractivity contribution in [2.45, 2.75) is 13.3 Å². The van der Waals surface area contributed by atoms with Gasteiger partial charge in [-0.3, -0.25) is 9.36 Å². The second-order valence-corrected chi connectivity index (χ2v) is 10.1. The molecule has 0 aliphatic carbocycles. The molecule has 0 unspecified atom stereocenters. The Morgan fingerprint density at radius 1 is 0.844 bits per heavy atom. The molecule has 1 saturated heterocycles. The summed E-state index contributed by atoms with van der Waals surface area (Å²) in [7, 11) is -3.36. The van der Waals surface area contributed by atoms with Gasteiger partial charge in [-0.2, -0.15) is 0 Å². The van der Waals surface area contributed by atoms with Crippen molar-refractivity contribution in [3.8, 4) is 0 Å². The Kier molecular flexibility index (Phi) is 6.77. The molecule has 164 valence electrons. The first kappa shape index (κ1) is 21.9. The molecule has 1 heterocycles. The Bertz CT molecular complexity index is 1070. The van der Waals surface area contributed by atoms with Gasteiger partial charge in [-0.1, -0.05) is 66.7 Å². The van der Waals surface area contributed by atoms with E-state index < -0.39 is 7.44 Å². The number of benzene rings is 3. The SMILES string of the molecule is CCOC(=O)C/C(=C\c1ccccc1)P1(=O)N(c2ccccc2)CCN1c1ccccc1. The molecule has 0 atom stereocenters. The summed E-state index contributed by atoms with van der Waals surface area (Å²) in [5.41, 5.74) is 2.64. The minimum absolute atomic E-state index is 0.0350. The molecule has 3 aromatic carbocycles. The number of hydrogen-bond donors (Lipinski definition) is 0. The van der Waals surface area contributed by atoms with E-state index in [0.29, 0.717) is 18.4 Å². The first-order chi connectivity index (χ1) is 15.6. The van der Waals surface area contributed by atoms with Crippen molar-refractivity contribution in [1.29, 1.82) is 0 Å². The maximum Gasteiger partial charge on any atom is 0.310 e. The number of carbonyl (C=O) groups is 1. The van der Waals surface area contributed by atoms with Gasteiger partial charge in [0.2, 0.25) is 0 Å². The van der Waals surface area contributed by atoms with Gasteiger partial charge in [-0.25, -0.2) is 0 Å². The standard InChI is InChI=1S/C26H27N2O3P/c1-2-31-26(29)21-25(20-22-12-6-3-7-13-22)32(30)27(23-14-8-4-9-15-23)18-19-28(32)24-16-10-5-11-17-24/h3-17,20H,2,18-19,21H2,1H3/b25-20+. The molecule has 0 bridgehead atoms. The van der Waals surface area contributed by atoms with E-state index in [0.717, 1.165) is 16.9 Å². The summed E-state index contributed by atoms with van der Waals surface area (Å²) >= 11 is 0. The fraction of sp³-hybridized carbons (Fsp3) is 0.192. The van der Waals surface area contributed by atoms with Crippen molar-refractivity contribution in [1.82, 2.24) is 0 Å². The third-order valence-corrected chi connectivity index (χ3v) is 8.63. The van der Waals surface area contributed by atoms with Gasteiger partial charge in [-0.05, 0) is 42.8 Å². The van der Waals surface area contributed by atoms with Gasteiger partial charge in [0.15, 0.2) is 0 Å². The number of para-hydroxylation sites is 2. The second kappa shape index (κ2) is 9.88. The Morgan fingerprint density at radius 3 is 1.78 bits per heavy atom. The molecule has 5 nitrogen and oxygen atoms in total. The molecule has 6 heteroatoms. The minimum atomic E-state index is -3.36. The summed E-state index contributed by atoms with van der Waals surface area (Å²) in [5, 5.41) is 0.562. The van der Waals surface area contributed by atoms with E-state index in [2.05, 4.69) is 0 Å². The molecule has 0 amide bonds. The van der Waals surface area contributed by atoms with E-state index in [9.17, 15) is 4.79 Å². The molecule has 0 radical (unpaired) electrons. The molecule has 0 saturated carbocycles. The molecule has 3 aromatic rings. The average molecular weight is 446 g/mol. The first-order valence-electron chi connectivity index (χ1n) is 10.8. The smallest absolute Gasteiger partial charge is 0.310 e. The highest BCUT2D eigenvalue weighted by Crippen LogP contribution is 2.66. The Labute approximate surface area is 189 Å². The lowest BCUT2D eigenvalue weighted by Gasteiger charge is -2.34. The second-order valence-electron chi connectivity index (χ2n) is 7.49. The fourth-order valence-electron chi connectivity index (χ4n) is 4.01. The van der Waals surface area contributed by atoms with Crippen LogP contribution in [0.25, 0.3) is 6.08 Å². The van der Waals surface area contributed by atoms with Gasteiger partial charge in [0.05, 0.1) is 13.0 Å². The van der Waals surface area contributed by atoms with Gasteiger partial charge in [0.25, 0.3) is 7.44 Å². The molecular formula is C26H27N2O3P. The zero-order chi connectivity index (χ0) is 22.4. The summed E-state index contributed by atoms with van der Waals surface area (Å²) < 4.78 is 24.3. The molecule has 0 aromatic heterocycles. The number of nitrogens with zero attached hydrogens (tertiary/aromatic N) is 2. The molecular weight excluding hydrogens is 419 g/mol. The monoisotopic (exact) mass is 446 g/mol. The molecule has 0 spiro atoms. The third kappa shape index (κ3) is 4.49. The topological polar surface area (TPSA) is 49.9 Å². The summed E-state index contributed by atoms with van der Waals surface area (Å²) in [6, 6.07) is 29.2. The van der Waals surface area contributed by atoms with Crippen LogP contribution >= 0.6 is 7.44 Å². The minimum Gasteiger partial charge on any atom is -0.466 e. The predicted octanol–water partition coefficient (Wildman–Crippen LogP) is 6.20. The highest BCUT2D eigenvalue weighted by Gasteiger charge is 2.46. The van der Waals surface area contributed by atoms with Crippen molar-refractivity contribution in [2.75, 3.05) is 29.0 Å². The van der Waals surface area contributed by atoms with Gasteiger partial charge in [0, 0.05) is 29.8 Å². The normalized spacial score (nSPS) is 15.6. The number of anilines is 2. The van der Waals surface area contributed by atoms with Crippen LogP contribution in [0.4, 0.5) is 11.4 Å². The van der Waals surface area contributed by atoms with Crippen molar-refractivity contribution in [2.24, 2.45) is 0 Å². The number of rotatable bonds is 7. The third-order valence-electron chi connectivity index (χ3n) is 5.42. The molecule has 32 heavy (non-hydrogen) atoms. The molecule has 1 fully saturated rings. The van der Waals surface area contributed by atoms with E-state index in [1.54, 1.807) is 6.92 Å². The largest absolute Gasteiger partial charge is 0.466 e. The number of carbonyl (C=O) groups excluding carboxylic acids is 1. The maximum absolute atomic E-state index is 15.1. The van der Waals surface area contributed by atoms with Gasteiger partial charge in [-0.15, -0.1) is 0 Å². The predicted molar refractivity (Wildman–Crippen MR) is 131 cm³/mol.